The van der Waals surface area contributed by atoms with Crippen molar-refractivity contribution in [3.05, 3.63) is 0 Å². The minimum atomic E-state index is 0.0207. The van der Waals surface area contributed by atoms with Crippen molar-refractivity contribution in [3.8, 4) is 0 Å². The standard InChI is InChI=1S/C30H60O2/c1-4-6-8-10-12-14-16-18-19-21-23-25-27-29(3)32-30(31)28-26-24-22-20-17-15-13-11-9-7-5-2/h29H,4-28H2,1-3H3. The molecule has 0 radical (unpaired) electrons. The molecule has 192 valence electrons. The third-order valence-corrected chi connectivity index (χ3v) is 6.78. The van der Waals surface area contributed by atoms with Crippen LogP contribution in [-0.4, -0.2) is 12.1 Å². The number of unbranched alkanes of at least 4 members (excludes halogenated alkanes) is 21. The van der Waals surface area contributed by atoms with E-state index in [0.717, 1.165) is 12.8 Å². The third kappa shape index (κ3) is 25.7. The molecule has 0 aliphatic carbocycles. The van der Waals surface area contributed by atoms with Gasteiger partial charge in [0, 0.05) is 6.42 Å². The van der Waals surface area contributed by atoms with Gasteiger partial charge in [0.2, 0.25) is 0 Å². The first-order valence-corrected chi connectivity index (χ1v) is 14.9. The molecule has 1 atom stereocenters. The van der Waals surface area contributed by atoms with Crippen LogP contribution in [0.3, 0.4) is 0 Å². The zero-order valence-corrected chi connectivity index (χ0v) is 22.6. The second kappa shape index (κ2) is 26.7. The summed E-state index contributed by atoms with van der Waals surface area (Å²) in [5.41, 5.74) is 0. The van der Waals surface area contributed by atoms with E-state index in [1.807, 2.05) is 0 Å². The lowest BCUT2D eigenvalue weighted by Gasteiger charge is -2.13. The van der Waals surface area contributed by atoms with Gasteiger partial charge < -0.3 is 4.74 Å². The molecule has 0 aromatic carbocycles. The molecule has 0 N–H and O–H groups in total. The summed E-state index contributed by atoms with van der Waals surface area (Å²) < 4.78 is 5.60. The predicted octanol–water partition coefficient (Wildman–Crippen LogP) is 10.7. The van der Waals surface area contributed by atoms with Gasteiger partial charge in [0.05, 0.1) is 6.10 Å². The lowest BCUT2D eigenvalue weighted by atomic mass is 10.0. The summed E-state index contributed by atoms with van der Waals surface area (Å²) >= 11 is 0. The normalized spacial score (nSPS) is 12.2. The van der Waals surface area contributed by atoms with Crippen LogP contribution in [0.15, 0.2) is 0 Å². The zero-order valence-electron chi connectivity index (χ0n) is 22.6. The van der Waals surface area contributed by atoms with Gasteiger partial charge in [0.15, 0.2) is 0 Å². The number of hydrogen-bond acceptors (Lipinski definition) is 2. The van der Waals surface area contributed by atoms with Gasteiger partial charge in [0.1, 0.15) is 0 Å². The molecule has 0 aliphatic heterocycles. The van der Waals surface area contributed by atoms with Crippen molar-refractivity contribution in [1.82, 2.24) is 0 Å². The Morgan fingerprint density at radius 3 is 1.19 bits per heavy atom. The van der Waals surface area contributed by atoms with Gasteiger partial charge in [-0.3, -0.25) is 4.79 Å². The highest BCUT2D eigenvalue weighted by molar-refractivity contribution is 5.69. The molecule has 0 spiro atoms. The molecular weight excluding hydrogens is 392 g/mol. The quantitative estimate of drug-likeness (QED) is 0.0963. The molecule has 0 fully saturated rings. The lowest BCUT2D eigenvalue weighted by Crippen LogP contribution is -2.14. The highest BCUT2D eigenvalue weighted by Gasteiger charge is 2.09. The van der Waals surface area contributed by atoms with Gasteiger partial charge in [-0.1, -0.05) is 149 Å². The van der Waals surface area contributed by atoms with Crippen LogP contribution < -0.4 is 0 Å². The predicted molar refractivity (Wildman–Crippen MR) is 142 cm³/mol. The van der Waals surface area contributed by atoms with E-state index in [-0.39, 0.29) is 12.1 Å². The third-order valence-electron chi connectivity index (χ3n) is 6.78. The fourth-order valence-corrected chi connectivity index (χ4v) is 4.55. The van der Waals surface area contributed by atoms with Crippen LogP contribution in [0.1, 0.15) is 181 Å². The van der Waals surface area contributed by atoms with Gasteiger partial charge in [-0.25, -0.2) is 0 Å². The van der Waals surface area contributed by atoms with Crippen LogP contribution in [-0.2, 0) is 9.53 Å². The highest BCUT2D eigenvalue weighted by Crippen LogP contribution is 2.15. The maximum absolute atomic E-state index is 12.0. The van der Waals surface area contributed by atoms with Crippen LogP contribution in [0.2, 0.25) is 0 Å². The van der Waals surface area contributed by atoms with Crippen LogP contribution in [0.5, 0.6) is 0 Å². The van der Waals surface area contributed by atoms with E-state index in [1.54, 1.807) is 0 Å². The van der Waals surface area contributed by atoms with E-state index in [4.69, 9.17) is 4.74 Å². The summed E-state index contributed by atoms with van der Waals surface area (Å²) in [7, 11) is 0. The van der Waals surface area contributed by atoms with E-state index in [2.05, 4.69) is 20.8 Å². The Morgan fingerprint density at radius 2 is 0.812 bits per heavy atom. The molecule has 0 aromatic heterocycles. The van der Waals surface area contributed by atoms with Crippen molar-refractivity contribution in [1.29, 1.82) is 0 Å². The first-order valence-electron chi connectivity index (χ1n) is 14.9. The molecule has 1 unspecified atom stereocenters. The van der Waals surface area contributed by atoms with E-state index in [9.17, 15) is 4.79 Å². The molecule has 0 saturated heterocycles. The number of esters is 1. The largest absolute Gasteiger partial charge is 0.463 e. The van der Waals surface area contributed by atoms with Crippen molar-refractivity contribution in [2.24, 2.45) is 0 Å². The second-order valence-corrected chi connectivity index (χ2v) is 10.3. The van der Waals surface area contributed by atoms with E-state index in [0.29, 0.717) is 6.42 Å². The van der Waals surface area contributed by atoms with Gasteiger partial charge in [0.25, 0.3) is 0 Å². The molecule has 0 heterocycles. The molecule has 0 amide bonds. The summed E-state index contributed by atoms with van der Waals surface area (Å²) in [5, 5.41) is 0. The highest BCUT2D eigenvalue weighted by atomic mass is 16.5. The van der Waals surface area contributed by atoms with Crippen molar-refractivity contribution >= 4 is 5.97 Å². The van der Waals surface area contributed by atoms with Crippen LogP contribution >= 0.6 is 0 Å². The lowest BCUT2D eigenvalue weighted by molar-refractivity contribution is -0.148. The summed E-state index contributed by atoms with van der Waals surface area (Å²) in [6.07, 6.45) is 32.7. The Labute approximate surface area is 203 Å². The second-order valence-electron chi connectivity index (χ2n) is 10.3. The minimum absolute atomic E-state index is 0.0207. The summed E-state index contributed by atoms with van der Waals surface area (Å²) in [6.45, 7) is 6.62. The monoisotopic (exact) mass is 452 g/mol. The molecule has 0 aromatic rings. The number of hydrogen-bond donors (Lipinski definition) is 0. The molecule has 32 heavy (non-hydrogen) atoms. The van der Waals surface area contributed by atoms with E-state index >= 15 is 0 Å². The van der Waals surface area contributed by atoms with Crippen molar-refractivity contribution < 1.29 is 9.53 Å². The molecule has 0 aliphatic rings. The Bertz CT molecular complexity index is 366. The van der Waals surface area contributed by atoms with Crippen molar-refractivity contribution in [2.75, 3.05) is 0 Å². The zero-order chi connectivity index (χ0) is 23.5. The molecule has 0 saturated carbocycles. The number of carbonyl (C=O) groups excluding carboxylic acids is 1. The molecule has 0 rings (SSSR count). The molecule has 0 bridgehead atoms. The summed E-state index contributed by atoms with van der Waals surface area (Å²) in [4.78, 5) is 12.0. The number of ether oxygens (including phenoxy) is 1. The first-order chi connectivity index (χ1) is 15.7. The van der Waals surface area contributed by atoms with Crippen LogP contribution in [0, 0.1) is 0 Å². The summed E-state index contributed by atoms with van der Waals surface area (Å²) in [6, 6.07) is 0. The fourth-order valence-electron chi connectivity index (χ4n) is 4.55. The Hall–Kier alpha value is -0.530. The van der Waals surface area contributed by atoms with E-state index in [1.165, 1.54) is 141 Å². The SMILES string of the molecule is CCCCCCCCCCCCCCC(C)OC(=O)CCCCCCCCCCCCC. The van der Waals surface area contributed by atoms with Gasteiger partial charge in [-0.2, -0.15) is 0 Å². The average Bonchev–Trinajstić information content (AvgIpc) is 2.78. The topological polar surface area (TPSA) is 26.3 Å². The number of carbonyl (C=O) groups is 1. The minimum Gasteiger partial charge on any atom is -0.463 e. The van der Waals surface area contributed by atoms with Gasteiger partial charge in [-0.05, 0) is 26.2 Å². The van der Waals surface area contributed by atoms with Crippen LogP contribution in [0.25, 0.3) is 0 Å². The first kappa shape index (κ1) is 31.5. The van der Waals surface area contributed by atoms with Crippen molar-refractivity contribution in [2.45, 2.75) is 187 Å². The number of rotatable bonds is 26. The maximum atomic E-state index is 12.0. The smallest absolute Gasteiger partial charge is 0.306 e. The molecule has 2 heteroatoms. The Balaban J connectivity index is 3.29. The fraction of sp³-hybridized carbons (Fsp3) is 0.967. The van der Waals surface area contributed by atoms with E-state index < -0.39 is 0 Å². The molecular formula is C30H60O2. The maximum Gasteiger partial charge on any atom is 0.306 e. The van der Waals surface area contributed by atoms with Gasteiger partial charge >= 0.3 is 5.97 Å². The average molecular weight is 453 g/mol. The Morgan fingerprint density at radius 1 is 0.500 bits per heavy atom. The molecule has 2 nitrogen and oxygen atoms in total. The van der Waals surface area contributed by atoms with Crippen molar-refractivity contribution in [3.63, 3.8) is 0 Å². The Kier molecular flexibility index (Phi) is 26.3. The van der Waals surface area contributed by atoms with Gasteiger partial charge in [-0.15, -0.1) is 0 Å². The summed E-state index contributed by atoms with van der Waals surface area (Å²) in [5.74, 6) is 0.0207. The van der Waals surface area contributed by atoms with Crippen LogP contribution in [0.4, 0.5) is 0 Å².